The van der Waals surface area contributed by atoms with Crippen LogP contribution in [0.3, 0.4) is 0 Å². The highest BCUT2D eigenvalue weighted by Crippen LogP contribution is 2.28. The predicted octanol–water partition coefficient (Wildman–Crippen LogP) is 4.24. The van der Waals surface area contributed by atoms with E-state index in [2.05, 4.69) is 0 Å². The summed E-state index contributed by atoms with van der Waals surface area (Å²) in [4.78, 5) is 0.340. The first kappa shape index (κ1) is 17.1. The highest BCUT2D eigenvalue weighted by atomic mass is 32.3. The van der Waals surface area contributed by atoms with Gasteiger partial charge in [-0.2, -0.15) is 0 Å². The van der Waals surface area contributed by atoms with Gasteiger partial charge < -0.3 is 0 Å². The Morgan fingerprint density at radius 1 is 1.00 bits per heavy atom. The smallest absolute Gasteiger partial charge is 0.206 e. The molecule has 0 spiro atoms. The lowest BCUT2D eigenvalue weighted by Crippen LogP contribution is -2.31. The SMILES string of the molecule is Cc1ccc(S(=O)(=O)N(SCc2ccccc2)C(C)C)cc1. The summed E-state index contributed by atoms with van der Waals surface area (Å²) < 4.78 is 27.1. The molecule has 0 unspecified atom stereocenters. The van der Waals surface area contributed by atoms with Gasteiger partial charge in [-0.15, -0.1) is 3.71 Å². The molecule has 2 rings (SSSR count). The van der Waals surface area contributed by atoms with Crippen molar-refractivity contribution in [3.63, 3.8) is 0 Å². The topological polar surface area (TPSA) is 37.4 Å². The van der Waals surface area contributed by atoms with Gasteiger partial charge in [0.25, 0.3) is 10.0 Å². The molecule has 2 aromatic rings. The fraction of sp³-hybridized carbons (Fsp3) is 0.294. The number of hydrogen-bond donors (Lipinski definition) is 0. The first-order valence-corrected chi connectivity index (χ1v) is 9.57. The molecule has 0 aliphatic rings. The summed E-state index contributed by atoms with van der Waals surface area (Å²) in [7, 11) is -3.49. The quantitative estimate of drug-likeness (QED) is 0.741. The number of sulfonamides is 1. The van der Waals surface area contributed by atoms with Crippen LogP contribution in [-0.4, -0.2) is 18.2 Å². The van der Waals surface area contributed by atoms with E-state index in [1.807, 2.05) is 63.2 Å². The van der Waals surface area contributed by atoms with Crippen LogP contribution < -0.4 is 0 Å². The second-order valence-electron chi connectivity index (χ2n) is 5.43. The monoisotopic (exact) mass is 335 g/mol. The summed E-state index contributed by atoms with van der Waals surface area (Å²) in [5.41, 5.74) is 2.16. The van der Waals surface area contributed by atoms with Crippen molar-refractivity contribution in [2.24, 2.45) is 0 Å². The molecule has 0 bridgehead atoms. The molecule has 0 N–H and O–H groups in total. The van der Waals surface area contributed by atoms with Crippen LogP contribution in [0.25, 0.3) is 0 Å². The van der Waals surface area contributed by atoms with Crippen molar-refractivity contribution in [1.29, 1.82) is 0 Å². The van der Waals surface area contributed by atoms with Gasteiger partial charge in [-0.25, -0.2) is 8.42 Å². The Hall–Kier alpha value is -1.30. The molecule has 0 aromatic heterocycles. The third-order valence-corrected chi connectivity index (χ3v) is 6.99. The molecule has 5 heteroatoms. The van der Waals surface area contributed by atoms with E-state index in [1.165, 1.54) is 15.7 Å². The Morgan fingerprint density at radius 3 is 2.14 bits per heavy atom. The molecule has 0 saturated heterocycles. The van der Waals surface area contributed by atoms with Crippen molar-refractivity contribution in [3.8, 4) is 0 Å². The van der Waals surface area contributed by atoms with Gasteiger partial charge in [0.1, 0.15) is 0 Å². The number of benzene rings is 2. The summed E-state index contributed by atoms with van der Waals surface area (Å²) in [5, 5.41) is 0. The summed E-state index contributed by atoms with van der Waals surface area (Å²) in [6, 6.07) is 16.8. The van der Waals surface area contributed by atoms with Gasteiger partial charge in [0.05, 0.1) is 4.90 Å². The van der Waals surface area contributed by atoms with Crippen molar-refractivity contribution < 1.29 is 8.42 Å². The number of aryl methyl sites for hydroxylation is 1. The zero-order chi connectivity index (χ0) is 16.2. The van der Waals surface area contributed by atoms with Gasteiger partial charge in [0, 0.05) is 11.8 Å². The van der Waals surface area contributed by atoms with Crippen LogP contribution in [0, 0.1) is 6.92 Å². The summed E-state index contributed by atoms with van der Waals surface area (Å²) >= 11 is 1.33. The fourth-order valence-corrected chi connectivity index (χ4v) is 5.00. The van der Waals surface area contributed by atoms with E-state index in [9.17, 15) is 8.42 Å². The molecule has 0 radical (unpaired) electrons. The maximum Gasteiger partial charge on any atom is 0.252 e. The Labute approximate surface area is 137 Å². The zero-order valence-corrected chi connectivity index (χ0v) is 14.7. The standard InChI is InChI=1S/C17H21NO2S2/c1-14(2)18(21-13-16-7-5-4-6-8-16)22(19,20)17-11-9-15(3)10-12-17/h4-12,14H,13H2,1-3H3. The largest absolute Gasteiger partial charge is 0.252 e. The van der Waals surface area contributed by atoms with Gasteiger partial charge >= 0.3 is 0 Å². The van der Waals surface area contributed by atoms with E-state index >= 15 is 0 Å². The molecule has 2 aromatic carbocycles. The van der Waals surface area contributed by atoms with E-state index in [-0.39, 0.29) is 6.04 Å². The number of rotatable bonds is 6. The van der Waals surface area contributed by atoms with E-state index in [1.54, 1.807) is 12.1 Å². The normalized spacial score (nSPS) is 12.0. The molecule has 22 heavy (non-hydrogen) atoms. The summed E-state index contributed by atoms with van der Waals surface area (Å²) in [6.45, 7) is 5.73. The van der Waals surface area contributed by atoms with Crippen molar-refractivity contribution in [2.75, 3.05) is 0 Å². The third kappa shape index (κ3) is 4.12. The molecule has 0 saturated carbocycles. The highest BCUT2D eigenvalue weighted by Gasteiger charge is 2.27. The predicted molar refractivity (Wildman–Crippen MR) is 93.1 cm³/mol. The number of nitrogens with zero attached hydrogens (tertiary/aromatic N) is 1. The molecule has 0 amide bonds. The summed E-state index contributed by atoms with van der Waals surface area (Å²) in [6.07, 6.45) is 0. The first-order valence-electron chi connectivity index (χ1n) is 7.19. The molecule has 0 atom stereocenters. The molecule has 0 heterocycles. The lowest BCUT2D eigenvalue weighted by Gasteiger charge is -2.24. The van der Waals surface area contributed by atoms with Crippen LogP contribution >= 0.6 is 11.9 Å². The van der Waals surface area contributed by atoms with Gasteiger partial charge in [0.15, 0.2) is 0 Å². The van der Waals surface area contributed by atoms with E-state index in [0.29, 0.717) is 10.6 Å². The van der Waals surface area contributed by atoms with Gasteiger partial charge in [0.2, 0.25) is 0 Å². The van der Waals surface area contributed by atoms with Crippen LogP contribution in [0.2, 0.25) is 0 Å². The minimum atomic E-state index is -3.49. The van der Waals surface area contributed by atoms with Crippen LogP contribution in [0.5, 0.6) is 0 Å². The van der Waals surface area contributed by atoms with Crippen LogP contribution in [0.4, 0.5) is 0 Å². The zero-order valence-electron chi connectivity index (χ0n) is 13.1. The lowest BCUT2D eigenvalue weighted by atomic mass is 10.2. The second-order valence-corrected chi connectivity index (χ2v) is 8.41. The minimum Gasteiger partial charge on any atom is -0.206 e. The minimum absolute atomic E-state index is 0.111. The van der Waals surface area contributed by atoms with Crippen molar-refractivity contribution in [1.82, 2.24) is 3.71 Å². The molecular formula is C17H21NO2S2. The molecule has 3 nitrogen and oxygen atoms in total. The van der Waals surface area contributed by atoms with E-state index in [0.717, 1.165) is 11.1 Å². The van der Waals surface area contributed by atoms with Crippen LogP contribution in [0.1, 0.15) is 25.0 Å². The average Bonchev–Trinajstić information content (AvgIpc) is 2.48. The Balaban J connectivity index is 2.21. The third-order valence-electron chi connectivity index (χ3n) is 3.18. The molecule has 0 aliphatic heterocycles. The highest BCUT2D eigenvalue weighted by molar-refractivity contribution is 8.08. The Kier molecular flexibility index (Phi) is 5.67. The van der Waals surface area contributed by atoms with Gasteiger partial charge in [-0.1, -0.05) is 60.0 Å². The van der Waals surface area contributed by atoms with E-state index < -0.39 is 10.0 Å². The van der Waals surface area contributed by atoms with E-state index in [4.69, 9.17) is 0 Å². The van der Waals surface area contributed by atoms with Crippen molar-refractivity contribution in [2.45, 2.75) is 37.5 Å². The Morgan fingerprint density at radius 2 is 1.59 bits per heavy atom. The Bertz CT molecular complexity index is 695. The lowest BCUT2D eigenvalue weighted by molar-refractivity contribution is 0.501. The van der Waals surface area contributed by atoms with Crippen molar-refractivity contribution in [3.05, 3.63) is 65.7 Å². The van der Waals surface area contributed by atoms with Crippen molar-refractivity contribution >= 4 is 22.0 Å². The second kappa shape index (κ2) is 7.31. The molecule has 118 valence electrons. The summed E-state index contributed by atoms with van der Waals surface area (Å²) in [5.74, 6) is 0.629. The van der Waals surface area contributed by atoms with Crippen LogP contribution in [0.15, 0.2) is 59.5 Å². The van der Waals surface area contributed by atoms with Gasteiger partial charge in [-0.3, -0.25) is 0 Å². The average molecular weight is 335 g/mol. The maximum absolute atomic E-state index is 12.8. The first-order chi connectivity index (χ1) is 10.4. The number of hydrogen-bond acceptors (Lipinski definition) is 3. The van der Waals surface area contributed by atoms with Gasteiger partial charge in [-0.05, 0) is 38.5 Å². The maximum atomic E-state index is 12.8. The molecule has 0 aliphatic carbocycles. The fourth-order valence-electron chi connectivity index (χ4n) is 2.02. The molecule has 0 fully saturated rings. The molecular weight excluding hydrogens is 314 g/mol. The van der Waals surface area contributed by atoms with Crippen LogP contribution in [-0.2, 0) is 15.8 Å².